The first kappa shape index (κ1) is 16.4. The molecular formula is C16H19N5O2S. The van der Waals surface area contributed by atoms with Crippen LogP contribution in [-0.4, -0.2) is 63.8 Å². The second-order valence-electron chi connectivity index (χ2n) is 5.40. The predicted octanol–water partition coefficient (Wildman–Crippen LogP) is 2.10. The van der Waals surface area contributed by atoms with Crippen LogP contribution in [0.5, 0.6) is 0 Å². The zero-order valence-corrected chi connectivity index (χ0v) is 14.3. The number of nitrogens with zero attached hydrogens (tertiary/aromatic N) is 4. The van der Waals surface area contributed by atoms with E-state index in [-0.39, 0.29) is 6.09 Å². The topological polar surface area (TPSA) is 70.6 Å². The maximum Gasteiger partial charge on any atom is 0.409 e. The largest absolute Gasteiger partial charge is 0.450 e. The minimum Gasteiger partial charge on any atom is -0.450 e. The van der Waals surface area contributed by atoms with E-state index in [9.17, 15) is 4.79 Å². The van der Waals surface area contributed by atoms with Crippen molar-refractivity contribution in [2.24, 2.45) is 0 Å². The van der Waals surface area contributed by atoms with Crippen LogP contribution in [0.4, 0.5) is 10.5 Å². The van der Waals surface area contributed by atoms with Crippen molar-refractivity contribution in [2.75, 3.05) is 38.1 Å². The number of carbonyl (C=O) groups excluding carboxylic acids is 1. The first-order chi connectivity index (χ1) is 11.7. The molecule has 0 saturated carbocycles. The van der Waals surface area contributed by atoms with Gasteiger partial charge in [0.05, 0.1) is 12.1 Å². The third-order valence-electron chi connectivity index (χ3n) is 3.85. The fourth-order valence-electron chi connectivity index (χ4n) is 2.57. The van der Waals surface area contributed by atoms with Crippen LogP contribution >= 0.6 is 12.2 Å². The Labute approximate surface area is 145 Å². The highest BCUT2D eigenvalue weighted by atomic mass is 32.1. The van der Waals surface area contributed by atoms with Crippen LogP contribution in [0.3, 0.4) is 0 Å². The third kappa shape index (κ3) is 3.70. The molecule has 0 unspecified atom stereocenters. The van der Waals surface area contributed by atoms with Crippen LogP contribution in [0.1, 0.15) is 6.92 Å². The first-order valence-electron chi connectivity index (χ1n) is 7.85. The lowest BCUT2D eigenvalue weighted by atomic mass is 10.2. The summed E-state index contributed by atoms with van der Waals surface area (Å²) in [5.74, 6) is 0. The number of ether oxygens (including phenoxy) is 1. The van der Waals surface area contributed by atoms with Crippen LogP contribution in [0.25, 0.3) is 10.9 Å². The molecule has 2 heterocycles. The van der Waals surface area contributed by atoms with Crippen molar-refractivity contribution in [2.45, 2.75) is 6.92 Å². The number of fused-ring (bicyclic) bond motifs is 1. The van der Waals surface area contributed by atoms with Crippen molar-refractivity contribution >= 4 is 40.0 Å². The van der Waals surface area contributed by atoms with Crippen molar-refractivity contribution in [3.8, 4) is 0 Å². The molecule has 8 heteroatoms. The van der Waals surface area contributed by atoms with Gasteiger partial charge in [-0.2, -0.15) is 0 Å². The Morgan fingerprint density at radius 3 is 2.79 bits per heavy atom. The maximum absolute atomic E-state index is 11.7. The van der Waals surface area contributed by atoms with Gasteiger partial charge in [0, 0.05) is 43.4 Å². The van der Waals surface area contributed by atoms with Gasteiger partial charge in [-0.25, -0.2) is 14.8 Å². The number of rotatable bonds is 2. The number of hydrogen-bond acceptors (Lipinski definition) is 5. The zero-order chi connectivity index (χ0) is 16.9. The van der Waals surface area contributed by atoms with E-state index in [2.05, 4.69) is 20.2 Å². The average Bonchev–Trinajstić information content (AvgIpc) is 2.62. The maximum atomic E-state index is 11.7. The summed E-state index contributed by atoms with van der Waals surface area (Å²) >= 11 is 5.48. The lowest BCUT2D eigenvalue weighted by Crippen LogP contribution is -2.51. The van der Waals surface area contributed by atoms with E-state index in [1.54, 1.807) is 11.1 Å². The fourth-order valence-corrected chi connectivity index (χ4v) is 2.87. The van der Waals surface area contributed by atoms with E-state index in [0.717, 1.165) is 16.6 Å². The Morgan fingerprint density at radius 2 is 2.04 bits per heavy atom. The third-order valence-corrected chi connectivity index (χ3v) is 4.21. The van der Waals surface area contributed by atoms with E-state index < -0.39 is 0 Å². The number of piperazine rings is 1. The minimum atomic E-state index is -0.259. The second-order valence-corrected chi connectivity index (χ2v) is 5.79. The fraction of sp³-hybridized carbons (Fsp3) is 0.375. The molecule has 0 radical (unpaired) electrons. The summed E-state index contributed by atoms with van der Waals surface area (Å²) in [7, 11) is 0. The van der Waals surface area contributed by atoms with E-state index in [1.165, 1.54) is 6.33 Å². The van der Waals surface area contributed by atoms with Gasteiger partial charge in [0.1, 0.15) is 6.33 Å². The van der Waals surface area contributed by atoms with Crippen LogP contribution in [-0.2, 0) is 4.74 Å². The van der Waals surface area contributed by atoms with Crippen molar-refractivity contribution in [1.82, 2.24) is 19.8 Å². The highest BCUT2D eigenvalue weighted by Gasteiger charge is 2.23. The minimum absolute atomic E-state index is 0.259. The van der Waals surface area contributed by atoms with Crippen LogP contribution < -0.4 is 5.32 Å². The lowest BCUT2D eigenvalue weighted by Gasteiger charge is -2.35. The summed E-state index contributed by atoms with van der Waals surface area (Å²) in [6, 6.07) is 5.84. The Kier molecular flexibility index (Phi) is 5.05. The zero-order valence-electron chi connectivity index (χ0n) is 13.4. The Bertz CT molecular complexity index is 746. The molecule has 0 bridgehead atoms. The van der Waals surface area contributed by atoms with E-state index >= 15 is 0 Å². The molecule has 1 aromatic heterocycles. The van der Waals surface area contributed by atoms with Gasteiger partial charge in [0.2, 0.25) is 0 Å². The molecule has 7 nitrogen and oxygen atoms in total. The first-order valence-corrected chi connectivity index (χ1v) is 8.25. The molecule has 1 aromatic carbocycles. The normalized spacial score (nSPS) is 14.5. The van der Waals surface area contributed by atoms with Gasteiger partial charge in [0.25, 0.3) is 0 Å². The van der Waals surface area contributed by atoms with E-state index in [0.29, 0.717) is 37.9 Å². The quantitative estimate of drug-likeness (QED) is 0.836. The van der Waals surface area contributed by atoms with Gasteiger partial charge in [-0.05, 0) is 37.3 Å². The summed E-state index contributed by atoms with van der Waals surface area (Å²) < 4.78 is 5.02. The predicted molar refractivity (Wildman–Crippen MR) is 95.9 cm³/mol. The molecule has 0 spiro atoms. The van der Waals surface area contributed by atoms with E-state index in [1.807, 2.05) is 25.1 Å². The van der Waals surface area contributed by atoms with Gasteiger partial charge in [-0.3, -0.25) is 0 Å². The molecule has 1 aliphatic heterocycles. The standard InChI is InChI=1S/C16H19N5O2S/c1-2-23-16(22)21-7-5-20(6-8-21)15(24)19-13-3-4-14-12(9-13)10-17-11-18-14/h3-4,9-11H,2,5-8H2,1H3,(H,19,24). The molecule has 1 N–H and O–H groups in total. The van der Waals surface area contributed by atoms with Crippen LogP contribution in [0.2, 0.25) is 0 Å². The summed E-state index contributed by atoms with van der Waals surface area (Å²) in [5.41, 5.74) is 1.79. The van der Waals surface area contributed by atoms with Gasteiger partial charge in [0.15, 0.2) is 5.11 Å². The number of hydrogen-bond donors (Lipinski definition) is 1. The number of carbonyl (C=O) groups is 1. The van der Waals surface area contributed by atoms with Gasteiger partial charge in [-0.1, -0.05) is 0 Å². The molecule has 1 fully saturated rings. The lowest BCUT2D eigenvalue weighted by molar-refractivity contribution is 0.0923. The molecule has 3 rings (SSSR count). The number of amides is 1. The van der Waals surface area contributed by atoms with Gasteiger partial charge < -0.3 is 19.9 Å². The summed E-state index contributed by atoms with van der Waals surface area (Å²) in [5, 5.41) is 4.84. The Balaban J connectivity index is 1.58. The van der Waals surface area contributed by atoms with Crippen molar-refractivity contribution in [3.63, 3.8) is 0 Å². The van der Waals surface area contributed by atoms with Gasteiger partial charge >= 0.3 is 6.09 Å². The van der Waals surface area contributed by atoms with Crippen LogP contribution in [0, 0.1) is 0 Å². The van der Waals surface area contributed by atoms with Crippen LogP contribution in [0.15, 0.2) is 30.7 Å². The molecule has 1 aliphatic rings. The molecule has 0 aliphatic carbocycles. The Morgan fingerprint density at radius 1 is 1.29 bits per heavy atom. The summed E-state index contributed by atoms with van der Waals surface area (Å²) in [6.07, 6.45) is 3.04. The molecule has 2 aromatic rings. The average molecular weight is 345 g/mol. The monoisotopic (exact) mass is 345 g/mol. The number of thiocarbonyl (C=S) groups is 1. The van der Waals surface area contributed by atoms with Crippen molar-refractivity contribution in [1.29, 1.82) is 0 Å². The second kappa shape index (κ2) is 7.39. The molecule has 1 amide bonds. The molecule has 0 atom stereocenters. The smallest absolute Gasteiger partial charge is 0.409 e. The van der Waals surface area contributed by atoms with E-state index in [4.69, 9.17) is 17.0 Å². The Hall–Kier alpha value is -2.48. The van der Waals surface area contributed by atoms with Gasteiger partial charge in [-0.15, -0.1) is 0 Å². The number of nitrogens with one attached hydrogen (secondary N) is 1. The highest BCUT2D eigenvalue weighted by Crippen LogP contribution is 2.17. The molecule has 1 saturated heterocycles. The van der Waals surface area contributed by atoms with Crippen molar-refractivity contribution < 1.29 is 9.53 Å². The highest BCUT2D eigenvalue weighted by molar-refractivity contribution is 7.80. The summed E-state index contributed by atoms with van der Waals surface area (Å²) in [6.45, 7) is 4.77. The SMILES string of the molecule is CCOC(=O)N1CCN(C(=S)Nc2ccc3ncncc3c2)CC1. The molecular weight excluding hydrogens is 326 g/mol. The number of benzene rings is 1. The number of aromatic nitrogens is 2. The molecule has 24 heavy (non-hydrogen) atoms. The number of anilines is 1. The molecule has 126 valence electrons. The summed E-state index contributed by atoms with van der Waals surface area (Å²) in [4.78, 5) is 23.7. The van der Waals surface area contributed by atoms with Crippen molar-refractivity contribution in [3.05, 3.63) is 30.7 Å².